The van der Waals surface area contributed by atoms with Crippen LogP contribution in [0.25, 0.3) is 5.69 Å². The highest BCUT2D eigenvalue weighted by atomic mass is 32.2. The minimum atomic E-state index is -1.05. The third-order valence-electron chi connectivity index (χ3n) is 2.60. The SMILES string of the molecule is Cc1ccc(F)c(-n2c(C)nnc2SCC(=O)O)c1F. The largest absolute Gasteiger partial charge is 0.481 e. The van der Waals surface area contributed by atoms with Crippen LogP contribution in [-0.2, 0) is 4.79 Å². The molecule has 0 radical (unpaired) electrons. The van der Waals surface area contributed by atoms with Crippen molar-refractivity contribution in [3.63, 3.8) is 0 Å². The van der Waals surface area contributed by atoms with Gasteiger partial charge in [-0.1, -0.05) is 17.8 Å². The number of aryl methyl sites for hydroxylation is 2. The first-order valence-electron chi connectivity index (χ1n) is 5.63. The molecule has 0 aliphatic rings. The van der Waals surface area contributed by atoms with Crippen LogP contribution in [0.1, 0.15) is 11.4 Å². The van der Waals surface area contributed by atoms with E-state index < -0.39 is 17.6 Å². The average Bonchev–Trinajstić information content (AvgIpc) is 2.74. The highest BCUT2D eigenvalue weighted by Gasteiger charge is 2.20. The molecule has 0 atom stereocenters. The lowest BCUT2D eigenvalue weighted by molar-refractivity contribution is -0.133. The molecule has 20 heavy (non-hydrogen) atoms. The average molecular weight is 299 g/mol. The number of carboxylic acids is 1. The van der Waals surface area contributed by atoms with Gasteiger partial charge in [0.1, 0.15) is 17.3 Å². The van der Waals surface area contributed by atoms with Crippen LogP contribution in [0.5, 0.6) is 0 Å². The van der Waals surface area contributed by atoms with Gasteiger partial charge >= 0.3 is 5.97 Å². The summed E-state index contributed by atoms with van der Waals surface area (Å²) < 4.78 is 29.2. The van der Waals surface area contributed by atoms with Gasteiger partial charge in [-0.15, -0.1) is 10.2 Å². The van der Waals surface area contributed by atoms with Gasteiger partial charge in [0.15, 0.2) is 11.0 Å². The van der Waals surface area contributed by atoms with E-state index in [9.17, 15) is 13.6 Å². The van der Waals surface area contributed by atoms with Crippen molar-refractivity contribution < 1.29 is 18.7 Å². The summed E-state index contributed by atoms with van der Waals surface area (Å²) in [4.78, 5) is 10.6. The van der Waals surface area contributed by atoms with Gasteiger partial charge < -0.3 is 5.11 Å². The van der Waals surface area contributed by atoms with E-state index >= 15 is 0 Å². The van der Waals surface area contributed by atoms with E-state index in [0.29, 0.717) is 0 Å². The van der Waals surface area contributed by atoms with Crippen LogP contribution in [0.3, 0.4) is 0 Å². The summed E-state index contributed by atoms with van der Waals surface area (Å²) in [7, 11) is 0. The molecule has 0 amide bonds. The Morgan fingerprint density at radius 1 is 1.35 bits per heavy atom. The molecule has 1 aromatic carbocycles. The smallest absolute Gasteiger partial charge is 0.313 e. The number of hydrogen-bond acceptors (Lipinski definition) is 4. The fraction of sp³-hybridized carbons (Fsp3) is 0.250. The first-order valence-corrected chi connectivity index (χ1v) is 6.62. The van der Waals surface area contributed by atoms with Crippen molar-refractivity contribution in [1.82, 2.24) is 14.8 Å². The molecule has 1 N–H and O–H groups in total. The minimum absolute atomic E-state index is 0.133. The number of benzene rings is 1. The molecule has 0 fully saturated rings. The topological polar surface area (TPSA) is 68.0 Å². The van der Waals surface area contributed by atoms with E-state index in [4.69, 9.17) is 5.11 Å². The fourth-order valence-corrected chi connectivity index (χ4v) is 2.37. The molecule has 0 saturated heterocycles. The molecule has 2 rings (SSSR count). The standard InChI is InChI=1S/C12H11F2N3O2S/c1-6-3-4-8(13)11(10(6)14)17-7(2)15-16-12(17)20-5-9(18)19/h3-4H,5H2,1-2H3,(H,18,19). The van der Waals surface area contributed by atoms with Gasteiger partial charge in [0, 0.05) is 0 Å². The van der Waals surface area contributed by atoms with E-state index in [1.54, 1.807) is 6.92 Å². The van der Waals surface area contributed by atoms with Crippen LogP contribution in [0.15, 0.2) is 17.3 Å². The summed E-state index contributed by atoms with van der Waals surface area (Å²) in [6, 6.07) is 2.48. The maximum Gasteiger partial charge on any atom is 0.313 e. The highest BCUT2D eigenvalue weighted by molar-refractivity contribution is 7.99. The predicted octanol–water partition coefficient (Wildman–Crippen LogP) is 2.34. The number of halogens is 2. The summed E-state index contributed by atoms with van der Waals surface area (Å²) >= 11 is 0.851. The van der Waals surface area contributed by atoms with Crippen LogP contribution < -0.4 is 0 Å². The van der Waals surface area contributed by atoms with Crippen molar-refractivity contribution in [3.05, 3.63) is 35.2 Å². The van der Waals surface area contributed by atoms with E-state index in [-0.39, 0.29) is 28.0 Å². The zero-order chi connectivity index (χ0) is 14.9. The molecule has 0 aliphatic carbocycles. The molecule has 0 bridgehead atoms. The van der Waals surface area contributed by atoms with Crippen LogP contribution >= 0.6 is 11.8 Å². The number of aliphatic carboxylic acids is 1. The summed E-state index contributed by atoms with van der Waals surface area (Å²) in [5, 5.41) is 16.3. The van der Waals surface area contributed by atoms with Gasteiger partial charge in [0.05, 0.1) is 5.75 Å². The molecule has 0 unspecified atom stereocenters. The van der Waals surface area contributed by atoms with Gasteiger partial charge in [-0.3, -0.25) is 9.36 Å². The van der Waals surface area contributed by atoms with Gasteiger partial charge in [-0.2, -0.15) is 0 Å². The third kappa shape index (κ3) is 2.64. The van der Waals surface area contributed by atoms with E-state index in [1.807, 2.05) is 0 Å². The highest BCUT2D eigenvalue weighted by Crippen LogP contribution is 2.27. The second kappa shape index (κ2) is 5.58. The molecular formula is C12H11F2N3O2S. The lowest BCUT2D eigenvalue weighted by atomic mass is 10.2. The quantitative estimate of drug-likeness (QED) is 0.878. The first kappa shape index (κ1) is 14.4. The Bertz CT molecular complexity index is 673. The van der Waals surface area contributed by atoms with Crippen LogP contribution in [0, 0.1) is 25.5 Å². The molecule has 8 heteroatoms. The molecule has 1 heterocycles. The second-order valence-electron chi connectivity index (χ2n) is 4.07. The van der Waals surface area contributed by atoms with Crippen molar-refractivity contribution in [2.24, 2.45) is 0 Å². The van der Waals surface area contributed by atoms with Crippen molar-refractivity contribution in [1.29, 1.82) is 0 Å². The van der Waals surface area contributed by atoms with Gasteiger partial charge in [0.25, 0.3) is 0 Å². The molecule has 2 aromatic rings. The number of thioether (sulfide) groups is 1. The zero-order valence-corrected chi connectivity index (χ0v) is 11.5. The Hall–Kier alpha value is -1.96. The summed E-state index contributed by atoms with van der Waals surface area (Å²) in [6.45, 7) is 3.06. The molecule has 5 nitrogen and oxygen atoms in total. The maximum absolute atomic E-state index is 14.1. The maximum atomic E-state index is 14.1. The summed E-state index contributed by atoms with van der Waals surface area (Å²) in [5.74, 6) is -2.51. The Morgan fingerprint density at radius 3 is 2.70 bits per heavy atom. The Balaban J connectivity index is 2.55. The normalized spacial score (nSPS) is 10.8. The van der Waals surface area contributed by atoms with E-state index in [0.717, 1.165) is 17.8 Å². The molecule has 0 spiro atoms. The second-order valence-corrected chi connectivity index (χ2v) is 5.02. The zero-order valence-electron chi connectivity index (χ0n) is 10.7. The van der Waals surface area contributed by atoms with Crippen molar-refractivity contribution in [2.45, 2.75) is 19.0 Å². The summed E-state index contributed by atoms with van der Waals surface area (Å²) in [6.07, 6.45) is 0. The monoisotopic (exact) mass is 299 g/mol. The number of carboxylic acid groups (broad SMARTS) is 1. The van der Waals surface area contributed by atoms with E-state index in [2.05, 4.69) is 10.2 Å². The Morgan fingerprint density at radius 2 is 2.05 bits per heavy atom. The van der Waals surface area contributed by atoms with Crippen molar-refractivity contribution in [2.75, 3.05) is 5.75 Å². The fourth-order valence-electron chi connectivity index (χ4n) is 1.67. The number of carbonyl (C=O) groups is 1. The van der Waals surface area contributed by atoms with Gasteiger partial charge in [0.2, 0.25) is 0 Å². The minimum Gasteiger partial charge on any atom is -0.481 e. The molecule has 0 aliphatic heterocycles. The van der Waals surface area contributed by atoms with Crippen molar-refractivity contribution >= 4 is 17.7 Å². The molecule has 0 saturated carbocycles. The molecule has 106 valence electrons. The number of hydrogen-bond donors (Lipinski definition) is 1. The first-order chi connectivity index (χ1) is 9.41. The van der Waals surface area contributed by atoms with E-state index in [1.165, 1.54) is 17.6 Å². The third-order valence-corrected chi connectivity index (χ3v) is 3.52. The van der Waals surface area contributed by atoms with Gasteiger partial charge in [-0.05, 0) is 25.5 Å². The predicted molar refractivity (Wildman–Crippen MR) is 69.1 cm³/mol. The number of nitrogens with zero attached hydrogens (tertiary/aromatic N) is 3. The van der Waals surface area contributed by atoms with Crippen molar-refractivity contribution in [3.8, 4) is 5.69 Å². The number of rotatable bonds is 4. The lowest BCUT2D eigenvalue weighted by Crippen LogP contribution is -2.08. The van der Waals surface area contributed by atoms with Gasteiger partial charge in [-0.25, -0.2) is 8.78 Å². The molecular weight excluding hydrogens is 288 g/mol. The van der Waals surface area contributed by atoms with Crippen LogP contribution in [-0.4, -0.2) is 31.6 Å². The van der Waals surface area contributed by atoms with Crippen LogP contribution in [0.2, 0.25) is 0 Å². The molecule has 1 aromatic heterocycles. The summed E-state index contributed by atoms with van der Waals surface area (Å²) in [5.41, 5.74) is -0.0101. The Kier molecular flexibility index (Phi) is 4.03. The Labute approximate surface area is 117 Å². The van der Waals surface area contributed by atoms with Crippen LogP contribution in [0.4, 0.5) is 8.78 Å². The number of aromatic nitrogens is 3. The lowest BCUT2D eigenvalue weighted by Gasteiger charge is -2.11.